The molecule has 1 N–H and O–H groups in total. The van der Waals surface area contributed by atoms with E-state index in [1.165, 1.54) is 18.3 Å². The van der Waals surface area contributed by atoms with Gasteiger partial charge in [-0.05, 0) is 30.3 Å². The number of aromatic nitrogens is 2. The highest BCUT2D eigenvalue weighted by Gasteiger charge is 2.13. The quantitative estimate of drug-likeness (QED) is 0.749. The second kappa shape index (κ2) is 6.41. The monoisotopic (exact) mass is 377 g/mol. The summed E-state index contributed by atoms with van der Waals surface area (Å²) < 4.78 is 6.28. The van der Waals surface area contributed by atoms with Crippen LogP contribution >= 0.6 is 27.3 Å². The van der Waals surface area contributed by atoms with Gasteiger partial charge in [0.15, 0.2) is 0 Å². The Hall–Kier alpha value is -1.99. The minimum Gasteiger partial charge on any atom is -0.351 e. The van der Waals surface area contributed by atoms with Gasteiger partial charge in [0.2, 0.25) is 11.7 Å². The topological polar surface area (TPSA) is 68.0 Å². The van der Waals surface area contributed by atoms with Crippen LogP contribution in [0, 0.1) is 0 Å². The molecule has 3 rings (SSSR count). The molecule has 0 saturated carbocycles. The minimum absolute atomic E-state index is 0.0496. The number of carbonyl (C=O) groups is 1. The van der Waals surface area contributed by atoms with Crippen molar-refractivity contribution in [2.24, 2.45) is 0 Å². The second-order valence-electron chi connectivity index (χ2n) is 4.61. The van der Waals surface area contributed by atoms with E-state index in [1.54, 1.807) is 0 Å². The summed E-state index contributed by atoms with van der Waals surface area (Å²) in [5.41, 5.74) is 0.864. The zero-order valence-electron chi connectivity index (χ0n) is 11.7. The number of rotatable bonds is 4. The average molecular weight is 378 g/mol. The van der Waals surface area contributed by atoms with Gasteiger partial charge in [-0.2, -0.15) is 4.98 Å². The molecular weight excluding hydrogens is 366 g/mol. The van der Waals surface area contributed by atoms with Crippen molar-refractivity contribution in [2.45, 2.75) is 13.5 Å². The summed E-state index contributed by atoms with van der Waals surface area (Å²) in [7, 11) is 0. The van der Waals surface area contributed by atoms with Crippen LogP contribution in [0.2, 0.25) is 0 Å². The van der Waals surface area contributed by atoms with Crippen LogP contribution in [0.25, 0.3) is 22.2 Å². The summed E-state index contributed by atoms with van der Waals surface area (Å²) >= 11 is 4.95. The van der Waals surface area contributed by atoms with Gasteiger partial charge in [-0.15, -0.1) is 11.3 Å². The molecule has 3 aromatic rings. The van der Waals surface area contributed by atoms with E-state index in [0.29, 0.717) is 18.3 Å². The molecule has 2 aromatic heterocycles. The molecule has 5 nitrogen and oxygen atoms in total. The molecule has 2 heterocycles. The molecule has 7 heteroatoms. The van der Waals surface area contributed by atoms with Crippen LogP contribution in [-0.2, 0) is 11.3 Å². The van der Waals surface area contributed by atoms with E-state index in [9.17, 15) is 4.79 Å². The van der Waals surface area contributed by atoms with Gasteiger partial charge >= 0.3 is 0 Å². The summed E-state index contributed by atoms with van der Waals surface area (Å²) in [6.07, 6.45) is 0. The highest BCUT2D eigenvalue weighted by molar-refractivity contribution is 9.10. The van der Waals surface area contributed by atoms with Crippen molar-refractivity contribution in [1.82, 2.24) is 15.5 Å². The molecule has 0 unspecified atom stereocenters. The molecular formula is C15H12BrN3O2S. The predicted molar refractivity (Wildman–Crippen MR) is 88.3 cm³/mol. The van der Waals surface area contributed by atoms with Gasteiger partial charge in [-0.3, -0.25) is 4.79 Å². The van der Waals surface area contributed by atoms with Crippen molar-refractivity contribution < 1.29 is 9.32 Å². The van der Waals surface area contributed by atoms with Crippen LogP contribution in [0.1, 0.15) is 11.8 Å². The summed E-state index contributed by atoms with van der Waals surface area (Å²) in [5.74, 6) is 0.980. The van der Waals surface area contributed by atoms with Crippen molar-refractivity contribution >= 4 is 33.2 Å². The number of hydrogen-bond donors (Lipinski definition) is 1. The van der Waals surface area contributed by atoms with Crippen LogP contribution in [0.3, 0.4) is 0 Å². The van der Waals surface area contributed by atoms with Crippen molar-refractivity contribution in [2.75, 3.05) is 0 Å². The maximum absolute atomic E-state index is 10.9. The Balaban J connectivity index is 1.80. The minimum atomic E-state index is -0.0496. The Morgan fingerprint density at radius 2 is 2.23 bits per heavy atom. The standard InChI is InChI=1S/C15H12BrN3O2S/c1-9(20)17-8-12-5-6-13(22-12)14-18-15(21-19-14)10-3-2-4-11(16)7-10/h2-7H,8H2,1H3,(H,17,20). The number of thiophene rings is 1. The molecule has 0 radical (unpaired) electrons. The average Bonchev–Trinajstić information content (AvgIpc) is 3.14. The number of benzene rings is 1. The smallest absolute Gasteiger partial charge is 0.258 e. The SMILES string of the molecule is CC(=O)NCc1ccc(-c2noc(-c3cccc(Br)c3)n2)s1. The first-order chi connectivity index (χ1) is 10.6. The lowest BCUT2D eigenvalue weighted by atomic mass is 10.2. The summed E-state index contributed by atoms with van der Waals surface area (Å²) in [5, 5.41) is 6.79. The Kier molecular flexibility index (Phi) is 4.35. The predicted octanol–water partition coefficient (Wildman–Crippen LogP) is 3.86. The van der Waals surface area contributed by atoms with Gasteiger partial charge in [-0.1, -0.05) is 27.2 Å². The maximum Gasteiger partial charge on any atom is 0.258 e. The normalized spacial score (nSPS) is 10.6. The Bertz CT molecular complexity index is 812. The third-order valence-electron chi connectivity index (χ3n) is 2.89. The molecule has 22 heavy (non-hydrogen) atoms. The molecule has 0 aliphatic rings. The molecule has 0 fully saturated rings. The first-order valence-electron chi connectivity index (χ1n) is 6.55. The lowest BCUT2D eigenvalue weighted by Gasteiger charge is -1.96. The van der Waals surface area contributed by atoms with E-state index in [4.69, 9.17) is 4.52 Å². The van der Waals surface area contributed by atoms with Gasteiger partial charge in [0.1, 0.15) is 0 Å². The highest BCUT2D eigenvalue weighted by atomic mass is 79.9. The molecule has 0 aliphatic carbocycles. The van der Waals surface area contributed by atoms with Crippen molar-refractivity contribution in [3.05, 3.63) is 45.7 Å². The molecule has 0 spiro atoms. The van der Waals surface area contributed by atoms with Crippen molar-refractivity contribution in [1.29, 1.82) is 0 Å². The molecule has 1 amide bonds. The van der Waals surface area contributed by atoms with Gasteiger partial charge in [-0.25, -0.2) is 0 Å². The fourth-order valence-corrected chi connectivity index (χ4v) is 3.14. The van der Waals surface area contributed by atoms with Gasteiger partial charge in [0, 0.05) is 21.8 Å². The van der Waals surface area contributed by atoms with E-state index in [-0.39, 0.29) is 5.91 Å². The first-order valence-corrected chi connectivity index (χ1v) is 8.16. The number of amides is 1. The van der Waals surface area contributed by atoms with E-state index >= 15 is 0 Å². The van der Waals surface area contributed by atoms with E-state index < -0.39 is 0 Å². The molecule has 112 valence electrons. The largest absolute Gasteiger partial charge is 0.351 e. The Labute approximate surface area is 139 Å². The lowest BCUT2D eigenvalue weighted by Crippen LogP contribution is -2.17. The number of nitrogens with one attached hydrogen (secondary N) is 1. The fourth-order valence-electron chi connectivity index (χ4n) is 1.87. The number of hydrogen-bond acceptors (Lipinski definition) is 5. The van der Waals surface area contributed by atoms with Crippen molar-refractivity contribution in [3.63, 3.8) is 0 Å². The highest BCUT2D eigenvalue weighted by Crippen LogP contribution is 2.28. The second-order valence-corrected chi connectivity index (χ2v) is 6.69. The van der Waals surface area contributed by atoms with E-state index in [2.05, 4.69) is 31.4 Å². The summed E-state index contributed by atoms with van der Waals surface area (Å²) in [4.78, 5) is 17.3. The first kappa shape index (κ1) is 14.9. The number of carbonyl (C=O) groups excluding carboxylic acids is 1. The molecule has 1 aromatic carbocycles. The lowest BCUT2D eigenvalue weighted by molar-refractivity contribution is -0.119. The number of halogens is 1. The molecule has 0 atom stereocenters. The summed E-state index contributed by atoms with van der Waals surface area (Å²) in [6, 6.07) is 11.6. The third-order valence-corrected chi connectivity index (χ3v) is 4.47. The van der Waals surface area contributed by atoms with Crippen LogP contribution in [0.5, 0.6) is 0 Å². The van der Waals surface area contributed by atoms with Gasteiger partial charge < -0.3 is 9.84 Å². The molecule has 0 bridgehead atoms. The molecule has 0 saturated heterocycles. The van der Waals surface area contributed by atoms with E-state index in [1.807, 2.05) is 36.4 Å². The van der Waals surface area contributed by atoms with Gasteiger partial charge in [0.25, 0.3) is 5.89 Å². The third kappa shape index (κ3) is 3.42. The van der Waals surface area contributed by atoms with Crippen LogP contribution < -0.4 is 5.32 Å². The maximum atomic E-state index is 10.9. The van der Waals surface area contributed by atoms with E-state index in [0.717, 1.165) is 19.8 Å². The zero-order chi connectivity index (χ0) is 15.5. The van der Waals surface area contributed by atoms with Crippen molar-refractivity contribution in [3.8, 4) is 22.2 Å². The Morgan fingerprint density at radius 3 is 3.00 bits per heavy atom. The summed E-state index contributed by atoms with van der Waals surface area (Å²) in [6.45, 7) is 2.01. The fraction of sp³-hybridized carbons (Fsp3) is 0.133. The molecule has 0 aliphatic heterocycles. The van der Waals surface area contributed by atoms with Crippen LogP contribution in [0.4, 0.5) is 0 Å². The van der Waals surface area contributed by atoms with Gasteiger partial charge in [0.05, 0.1) is 11.4 Å². The Morgan fingerprint density at radius 1 is 1.36 bits per heavy atom. The van der Waals surface area contributed by atoms with Crippen LogP contribution in [0.15, 0.2) is 45.4 Å². The zero-order valence-corrected chi connectivity index (χ0v) is 14.1. The van der Waals surface area contributed by atoms with Crippen LogP contribution in [-0.4, -0.2) is 16.0 Å². The number of nitrogens with zero attached hydrogens (tertiary/aromatic N) is 2.